The van der Waals surface area contributed by atoms with Crippen LogP contribution in [0.15, 0.2) is 51.7 Å². The fourth-order valence-electron chi connectivity index (χ4n) is 2.29. The van der Waals surface area contributed by atoms with Gasteiger partial charge in [0.2, 0.25) is 5.56 Å². The number of aromatic nitrogens is 1. The van der Waals surface area contributed by atoms with Crippen molar-refractivity contribution < 1.29 is 4.79 Å². The lowest BCUT2D eigenvalue weighted by Gasteiger charge is -2.23. The van der Waals surface area contributed by atoms with Gasteiger partial charge in [-0.05, 0) is 30.5 Å². The van der Waals surface area contributed by atoms with Crippen molar-refractivity contribution in [3.05, 3.63) is 68.5 Å². The van der Waals surface area contributed by atoms with Crippen LogP contribution < -0.4 is 5.56 Å². The number of amides is 1. The number of carbonyl (C=O) groups excluding carboxylic acids is 1. The second-order valence-corrected chi connectivity index (χ2v) is 6.04. The highest BCUT2D eigenvalue weighted by Gasteiger charge is 2.33. The van der Waals surface area contributed by atoms with Crippen LogP contribution in [0.2, 0.25) is 0 Å². The molecule has 0 bridgehead atoms. The van der Waals surface area contributed by atoms with Gasteiger partial charge in [0.05, 0.1) is 0 Å². The third kappa shape index (κ3) is 3.24. The smallest absolute Gasteiger partial charge is 0.270 e. The molecule has 1 heterocycles. The summed E-state index contributed by atoms with van der Waals surface area (Å²) in [7, 11) is 0. The molecule has 21 heavy (non-hydrogen) atoms. The van der Waals surface area contributed by atoms with Gasteiger partial charge in [0, 0.05) is 23.1 Å². The van der Waals surface area contributed by atoms with Gasteiger partial charge in [0.1, 0.15) is 5.69 Å². The molecule has 0 unspecified atom stereocenters. The van der Waals surface area contributed by atoms with E-state index in [0.717, 1.165) is 22.9 Å². The largest absolute Gasteiger partial charge is 0.330 e. The zero-order chi connectivity index (χ0) is 14.8. The molecule has 1 N–H and O–H groups in total. The van der Waals surface area contributed by atoms with Crippen molar-refractivity contribution in [2.45, 2.75) is 25.4 Å². The number of nitrogens with one attached hydrogen (secondary N) is 1. The minimum absolute atomic E-state index is 0.119. The third-order valence-electron chi connectivity index (χ3n) is 3.55. The number of pyridine rings is 1. The fourth-order valence-corrected chi connectivity index (χ4v) is 2.70. The third-order valence-corrected chi connectivity index (χ3v) is 4.32. The number of H-pyrrole nitrogens is 1. The average Bonchev–Trinajstić information content (AvgIpc) is 3.30. The predicted octanol–water partition coefficient (Wildman–Crippen LogP) is 2.94. The Hall–Kier alpha value is -1.88. The fraction of sp³-hybridized carbons (Fsp3) is 0.250. The lowest BCUT2D eigenvalue weighted by Crippen LogP contribution is -2.34. The molecule has 1 aliphatic rings. The summed E-state index contributed by atoms with van der Waals surface area (Å²) < 4.78 is 0.991. The molecule has 0 spiro atoms. The maximum absolute atomic E-state index is 12.6. The van der Waals surface area contributed by atoms with Gasteiger partial charge in [-0.1, -0.05) is 40.2 Å². The second kappa shape index (κ2) is 5.85. The molecule has 1 aromatic heterocycles. The van der Waals surface area contributed by atoms with Crippen molar-refractivity contribution in [3.63, 3.8) is 0 Å². The van der Waals surface area contributed by atoms with Crippen molar-refractivity contribution in [1.82, 2.24) is 9.88 Å². The van der Waals surface area contributed by atoms with E-state index in [1.165, 1.54) is 6.07 Å². The Morgan fingerprint density at radius 3 is 2.62 bits per heavy atom. The number of hydrogen-bond donors (Lipinski definition) is 1. The molecule has 1 aliphatic carbocycles. The molecule has 2 aromatic rings. The van der Waals surface area contributed by atoms with E-state index in [4.69, 9.17) is 0 Å². The summed E-state index contributed by atoms with van der Waals surface area (Å²) in [5.74, 6) is -0.119. The second-order valence-electron chi connectivity index (χ2n) is 5.18. The predicted molar refractivity (Wildman–Crippen MR) is 84.1 cm³/mol. The number of rotatable bonds is 4. The van der Waals surface area contributed by atoms with Crippen molar-refractivity contribution >= 4 is 21.8 Å². The topological polar surface area (TPSA) is 53.2 Å². The summed E-state index contributed by atoms with van der Waals surface area (Å²) >= 11 is 3.52. The molecular formula is C16H15BrN2O2. The highest BCUT2D eigenvalue weighted by atomic mass is 79.9. The Kier molecular flexibility index (Phi) is 3.92. The molecule has 1 fully saturated rings. The van der Waals surface area contributed by atoms with Crippen LogP contribution in [0.4, 0.5) is 0 Å². The molecule has 108 valence electrons. The number of hydrogen-bond acceptors (Lipinski definition) is 2. The van der Waals surface area contributed by atoms with Gasteiger partial charge < -0.3 is 9.88 Å². The Balaban J connectivity index is 1.87. The van der Waals surface area contributed by atoms with Crippen LogP contribution in [0, 0.1) is 0 Å². The minimum Gasteiger partial charge on any atom is -0.330 e. The summed E-state index contributed by atoms with van der Waals surface area (Å²) in [6.45, 7) is 0.544. The van der Waals surface area contributed by atoms with E-state index >= 15 is 0 Å². The minimum atomic E-state index is -0.252. The van der Waals surface area contributed by atoms with Crippen LogP contribution in [0.1, 0.15) is 28.9 Å². The molecule has 1 amide bonds. The molecule has 0 saturated heterocycles. The zero-order valence-electron chi connectivity index (χ0n) is 11.4. The van der Waals surface area contributed by atoms with Gasteiger partial charge in [-0.2, -0.15) is 0 Å². The maximum Gasteiger partial charge on any atom is 0.270 e. The lowest BCUT2D eigenvalue weighted by atomic mass is 10.2. The van der Waals surface area contributed by atoms with Crippen molar-refractivity contribution in [2.24, 2.45) is 0 Å². The monoisotopic (exact) mass is 346 g/mol. The van der Waals surface area contributed by atoms with E-state index in [2.05, 4.69) is 20.9 Å². The number of halogens is 1. The van der Waals surface area contributed by atoms with Gasteiger partial charge in [0.15, 0.2) is 0 Å². The molecule has 1 aromatic carbocycles. The highest BCUT2D eigenvalue weighted by Crippen LogP contribution is 2.30. The molecule has 0 aliphatic heterocycles. The van der Waals surface area contributed by atoms with Gasteiger partial charge >= 0.3 is 0 Å². The van der Waals surface area contributed by atoms with Crippen molar-refractivity contribution in [2.75, 3.05) is 0 Å². The van der Waals surface area contributed by atoms with Crippen molar-refractivity contribution in [3.8, 4) is 0 Å². The van der Waals surface area contributed by atoms with Crippen molar-refractivity contribution in [1.29, 1.82) is 0 Å². The number of nitrogens with zero attached hydrogens (tertiary/aromatic N) is 1. The molecular weight excluding hydrogens is 332 g/mol. The van der Waals surface area contributed by atoms with Crippen LogP contribution in [-0.2, 0) is 6.54 Å². The van der Waals surface area contributed by atoms with Crippen LogP contribution in [0.25, 0.3) is 0 Å². The highest BCUT2D eigenvalue weighted by molar-refractivity contribution is 9.10. The Bertz CT molecular complexity index is 722. The van der Waals surface area contributed by atoms with E-state index in [1.54, 1.807) is 12.1 Å². The Morgan fingerprint density at radius 2 is 1.95 bits per heavy atom. The number of carbonyl (C=O) groups is 1. The summed E-state index contributed by atoms with van der Waals surface area (Å²) in [5, 5.41) is 0. The molecule has 0 atom stereocenters. The normalized spacial score (nSPS) is 14.0. The quantitative estimate of drug-likeness (QED) is 0.925. The van der Waals surface area contributed by atoms with Gasteiger partial charge in [-0.15, -0.1) is 0 Å². The maximum atomic E-state index is 12.6. The molecule has 0 radical (unpaired) electrons. The first-order valence-electron chi connectivity index (χ1n) is 6.89. The molecule has 3 rings (SSSR count). The lowest BCUT2D eigenvalue weighted by molar-refractivity contribution is 0.0723. The van der Waals surface area contributed by atoms with Crippen LogP contribution >= 0.6 is 15.9 Å². The SMILES string of the molecule is O=C(c1cccc(=O)[nH]1)N(Cc1ccccc1Br)C1CC1. The molecule has 1 saturated carbocycles. The number of benzene rings is 1. The standard InChI is InChI=1S/C16H15BrN2O2/c17-13-5-2-1-4-11(13)10-19(12-8-9-12)16(21)14-6-3-7-15(20)18-14/h1-7,12H,8-10H2,(H,18,20). The summed E-state index contributed by atoms with van der Waals surface area (Å²) in [4.78, 5) is 28.5. The van der Waals surface area contributed by atoms with E-state index in [-0.39, 0.29) is 17.5 Å². The van der Waals surface area contributed by atoms with E-state index < -0.39 is 0 Å². The van der Waals surface area contributed by atoms with Crippen LogP contribution in [-0.4, -0.2) is 21.8 Å². The van der Waals surface area contributed by atoms with Gasteiger partial charge in [-0.3, -0.25) is 9.59 Å². The summed E-state index contributed by atoms with van der Waals surface area (Å²) in [5.41, 5.74) is 1.16. The first kappa shape index (κ1) is 14.1. The van der Waals surface area contributed by atoms with E-state index in [0.29, 0.717) is 12.2 Å². The van der Waals surface area contributed by atoms with Crippen LogP contribution in [0.3, 0.4) is 0 Å². The first-order valence-corrected chi connectivity index (χ1v) is 7.68. The summed E-state index contributed by atoms with van der Waals surface area (Å²) in [6, 6.07) is 12.8. The van der Waals surface area contributed by atoms with Gasteiger partial charge in [-0.25, -0.2) is 0 Å². The molecule has 4 nitrogen and oxygen atoms in total. The summed E-state index contributed by atoms with van der Waals surface area (Å²) in [6.07, 6.45) is 2.04. The van der Waals surface area contributed by atoms with E-state index in [9.17, 15) is 9.59 Å². The Morgan fingerprint density at radius 1 is 1.19 bits per heavy atom. The zero-order valence-corrected chi connectivity index (χ0v) is 13.0. The Labute approximate surface area is 130 Å². The van der Waals surface area contributed by atoms with E-state index in [1.807, 2.05) is 29.2 Å². The number of aromatic amines is 1. The first-order chi connectivity index (χ1) is 10.1. The average molecular weight is 347 g/mol. The molecule has 5 heteroatoms. The van der Waals surface area contributed by atoms with Crippen LogP contribution in [0.5, 0.6) is 0 Å². The van der Waals surface area contributed by atoms with Gasteiger partial charge in [0.25, 0.3) is 5.91 Å².